The highest BCUT2D eigenvalue weighted by molar-refractivity contribution is 5.76. The van der Waals surface area contributed by atoms with Crippen LogP contribution < -0.4 is 0 Å². The topological polar surface area (TPSA) is 26.3 Å². The summed E-state index contributed by atoms with van der Waals surface area (Å²) < 4.78 is 5.91. The Morgan fingerprint density at radius 1 is 1.12 bits per heavy atom. The van der Waals surface area contributed by atoms with Crippen LogP contribution in [0.25, 0.3) is 0 Å². The van der Waals surface area contributed by atoms with Crippen molar-refractivity contribution in [2.24, 2.45) is 11.3 Å². The smallest absolute Gasteiger partial charge is 0.312 e. The van der Waals surface area contributed by atoms with Crippen LogP contribution in [0.3, 0.4) is 0 Å². The van der Waals surface area contributed by atoms with Crippen LogP contribution in [-0.4, -0.2) is 11.6 Å². The molecule has 102 valence electrons. The molecular weight excluding hydrogens is 212 g/mol. The molecule has 0 fully saturated rings. The fraction of sp³-hybridized carbons (Fsp3) is 0.933. The minimum Gasteiger partial charge on any atom is -0.458 e. The molecule has 0 aliphatic rings. The van der Waals surface area contributed by atoms with Crippen LogP contribution in [0.2, 0.25) is 0 Å². The molecule has 0 spiro atoms. The Morgan fingerprint density at radius 2 is 1.65 bits per heavy atom. The van der Waals surface area contributed by atoms with Crippen molar-refractivity contribution in [1.82, 2.24) is 0 Å². The molecule has 0 radical (unpaired) electrons. The van der Waals surface area contributed by atoms with Crippen LogP contribution in [0.4, 0.5) is 0 Å². The highest BCUT2D eigenvalue weighted by atomic mass is 16.6. The van der Waals surface area contributed by atoms with E-state index in [9.17, 15) is 4.79 Å². The van der Waals surface area contributed by atoms with E-state index in [1.54, 1.807) is 0 Å². The Morgan fingerprint density at radius 3 is 1.94 bits per heavy atom. The minimum absolute atomic E-state index is 0.0519. The molecule has 0 saturated heterocycles. The van der Waals surface area contributed by atoms with Gasteiger partial charge in [-0.2, -0.15) is 0 Å². The largest absolute Gasteiger partial charge is 0.458 e. The predicted molar refractivity (Wildman–Crippen MR) is 72.9 cm³/mol. The monoisotopic (exact) mass is 242 g/mol. The predicted octanol–water partition coefficient (Wildman–Crippen LogP) is 4.57. The average molecular weight is 242 g/mol. The van der Waals surface area contributed by atoms with Gasteiger partial charge in [0.15, 0.2) is 0 Å². The molecular formula is C15H30O2. The van der Waals surface area contributed by atoms with Gasteiger partial charge in [-0.15, -0.1) is 0 Å². The van der Waals surface area contributed by atoms with E-state index in [2.05, 4.69) is 27.7 Å². The van der Waals surface area contributed by atoms with Crippen molar-refractivity contribution in [1.29, 1.82) is 0 Å². The standard InChI is InChI=1S/C15H30O2/c1-8-11-15(10-3,12(4)5)17-13(16)14(6,7)9-2/h12H,8-11H2,1-7H3. The lowest BCUT2D eigenvalue weighted by Gasteiger charge is -2.38. The van der Waals surface area contributed by atoms with Gasteiger partial charge in [0.2, 0.25) is 0 Å². The Bertz CT molecular complexity index is 243. The molecule has 0 bridgehead atoms. The Hall–Kier alpha value is -0.530. The van der Waals surface area contributed by atoms with E-state index in [1.807, 2.05) is 20.8 Å². The number of rotatable bonds is 7. The molecule has 2 nitrogen and oxygen atoms in total. The fourth-order valence-corrected chi connectivity index (χ4v) is 2.01. The van der Waals surface area contributed by atoms with Crippen molar-refractivity contribution in [2.45, 2.75) is 79.8 Å². The highest BCUT2D eigenvalue weighted by Gasteiger charge is 2.39. The lowest BCUT2D eigenvalue weighted by atomic mass is 9.82. The molecule has 0 heterocycles. The zero-order chi connectivity index (χ0) is 13.7. The summed E-state index contributed by atoms with van der Waals surface area (Å²) in [6.07, 6.45) is 3.71. The van der Waals surface area contributed by atoms with Crippen molar-refractivity contribution in [3.8, 4) is 0 Å². The third-order valence-corrected chi connectivity index (χ3v) is 4.06. The summed E-state index contributed by atoms with van der Waals surface area (Å²) in [5.41, 5.74) is -0.651. The lowest BCUT2D eigenvalue weighted by Crippen LogP contribution is -2.43. The summed E-state index contributed by atoms with van der Waals surface area (Å²) in [6.45, 7) is 14.5. The minimum atomic E-state index is -0.372. The first-order chi connectivity index (χ1) is 7.75. The summed E-state index contributed by atoms with van der Waals surface area (Å²) in [7, 11) is 0. The number of carbonyl (C=O) groups excluding carboxylic acids is 1. The first kappa shape index (κ1) is 16.5. The second-order valence-corrected chi connectivity index (χ2v) is 5.95. The van der Waals surface area contributed by atoms with Gasteiger partial charge < -0.3 is 4.74 Å². The maximum absolute atomic E-state index is 12.2. The van der Waals surface area contributed by atoms with E-state index in [-0.39, 0.29) is 17.0 Å². The van der Waals surface area contributed by atoms with Crippen molar-refractivity contribution >= 4 is 5.97 Å². The van der Waals surface area contributed by atoms with Gasteiger partial charge in [0.1, 0.15) is 5.60 Å². The molecule has 0 rings (SSSR count). The molecule has 0 saturated carbocycles. The van der Waals surface area contributed by atoms with Crippen LogP contribution in [0.1, 0.15) is 74.1 Å². The number of hydrogen-bond acceptors (Lipinski definition) is 2. The Balaban J connectivity index is 4.93. The molecule has 0 aliphatic heterocycles. The molecule has 1 unspecified atom stereocenters. The van der Waals surface area contributed by atoms with E-state index in [4.69, 9.17) is 4.74 Å². The zero-order valence-corrected chi connectivity index (χ0v) is 12.7. The maximum atomic E-state index is 12.2. The number of esters is 1. The van der Waals surface area contributed by atoms with Gasteiger partial charge in [0.05, 0.1) is 5.41 Å². The number of carbonyl (C=O) groups is 1. The van der Waals surface area contributed by atoms with Crippen LogP contribution >= 0.6 is 0 Å². The molecule has 0 amide bonds. The Labute approximate surface area is 107 Å². The molecule has 2 heteroatoms. The first-order valence-electron chi connectivity index (χ1n) is 6.99. The van der Waals surface area contributed by atoms with Crippen molar-refractivity contribution in [2.75, 3.05) is 0 Å². The third kappa shape index (κ3) is 4.01. The van der Waals surface area contributed by atoms with Gasteiger partial charge >= 0.3 is 5.97 Å². The van der Waals surface area contributed by atoms with Gasteiger partial charge in [0, 0.05) is 0 Å². The van der Waals surface area contributed by atoms with Gasteiger partial charge in [0.25, 0.3) is 0 Å². The van der Waals surface area contributed by atoms with Crippen molar-refractivity contribution in [3.63, 3.8) is 0 Å². The van der Waals surface area contributed by atoms with Crippen molar-refractivity contribution < 1.29 is 9.53 Å². The maximum Gasteiger partial charge on any atom is 0.312 e. The summed E-state index contributed by atoms with van der Waals surface area (Å²) in [5.74, 6) is 0.313. The molecule has 1 atom stereocenters. The van der Waals surface area contributed by atoms with E-state index in [0.717, 1.165) is 25.7 Å². The molecule has 0 aromatic carbocycles. The summed E-state index contributed by atoms with van der Waals surface area (Å²) >= 11 is 0. The van der Waals surface area contributed by atoms with Crippen LogP contribution in [0.15, 0.2) is 0 Å². The molecule has 0 aromatic rings. The van der Waals surface area contributed by atoms with E-state index in [0.29, 0.717) is 5.92 Å². The SMILES string of the molecule is CCCC(CC)(OC(=O)C(C)(C)CC)C(C)C. The second kappa shape index (κ2) is 6.42. The fourth-order valence-electron chi connectivity index (χ4n) is 2.01. The number of hydrogen-bond donors (Lipinski definition) is 0. The third-order valence-electron chi connectivity index (χ3n) is 4.06. The van der Waals surface area contributed by atoms with Gasteiger partial charge in [-0.25, -0.2) is 0 Å². The molecule has 17 heavy (non-hydrogen) atoms. The summed E-state index contributed by atoms with van der Waals surface area (Å²) in [5, 5.41) is 0. The quantitative estimate of drug-likeness (QED) is 0.611. The summed E-state index contributed by atoms with van der Waals surface area (Å²) in [4.78, 5) is 12.2. The normalized spacial score (nSPS) is 15.8. The molecule has 0 aliphatic carbocycles. The number of ether oxygens (including phenoxy) is 1. The van der Waals surface area contributed by atoms with Crippen LogP contribution in [-0.2, 0) is 9.53 Å². The highest BCUT2D eigenvalue weighted by Crippen LogP contribution is 2.34. The lowest BCUT2D eigenvalue weighted by molar-refractivity contribution is -0.177. The second-order valence-electron chi connectivity index (χ2n) is 5.95. The molecule has 0 aromatic heterocycles. The Kier molecular flexibility index (Phi) is 6.22. The average Bonchev–Trinajstić information content (AvgIpc) is 2.27. The first-order valence-corrected chi connectivity index (χ1v) is 6.99. The van der Waals surface area contributed by atoms with Crippen molar-refractivity contribution in [3.05, 3.63) is 0 Å². The van der Waals surface area contributed by atoms with Crippen LogP contribution in [0, 0.1) is 11.3 Å². The van der Waals surface area contributed by atoms with E-state index < -0.39 is 0 Å². The van der Waals surface area contributed by atoms with E-state index >= 15 is 0 Å². The zero-order valence-electron chi connectivity index (χ0n) is 12.7. The van der Waals surface area contributed by atoms with Crippen LogP contribution in [0.5, 0.6) is 0 Å². The van der Waals surface area contributed by atoms with E-state index in [1.165, 1.54) is 0 Å². The molecule has 0 N–H and O–H groups in total. The van der Waals surface area contributed by atoms with Gasteiger partial charge in [-0.05, 0) is 39.0 Å². The summed E-state index contributed by atoms with van der Waals surface area (Å²) in [6, 6.07) is 0. The van der Waals surface area contributed by atoms with Gasteiger partial charge in [-0.1, -0.05) is 41.0 Å². The van der Waals surface area contributed by atoms with Gasteiger partial charge in [-0.3, -0.25) is 4.79 Å².